The largest absolute Gasteiger partial charge is 0.374 e. The molecule has 28 heavy (non-hydrogen) atoms. The fourth-order valence-corrected chi connectivity index (χ4v) is 3.59. The van der Waals surface area contributed by atoms with E-state index in [1.807, 2.05) is 25.1 Å². The quantitative estimate of drug-likeness (QED) is 0.343. The van der Waals surface area contributed by atoms with Crippen LogP contribution in [0.4, 0.5) is 0 Å². The van der Waals surface area contributed by atoms with Gasteiger partial charge >= 0.3 is 0 Å². The van der Waals surface area contributed by atoms with Crippen LogP contribution in [0.2, 0.25) is 5.02 Å². The van der Waals surface area contributed by atoms with Crippen LogP contribution in [0.25, 0.3) is 0 Å². The van der Waals surface area contributed by atoms with Crippen LogP contribution >= 0.6 is 11.6 Å². The van der Waals surface area contributed by atoms with Crippen molar-refractivity contribution in [3.63, 3.8) is 0 Å². The van der Waals surface area contributed by atoms with Gasteiger partial charge in [0, 0.05) is 53.7 Å². The molecular formula is C20H29ClN2O5. The minimum absolute atomic E-state index is 0.200. The number of dihydropyridines is 1. The van der Waals surface area contributed by atoms with Crippen LogP contribution in [-0.4, -0.2) is 56.3 Å². The smallest absolute Gasteiger partial charge is 0.180 e. The lowest BCUT2D eigenvalue weighted by Crippen LogP contribution is -2.37. The third-order valence-corrected chi connectivity index (χ3v) is 4.89. The van der Waals surface area contributed by atoms with Gasteiger partial charge < -0.3 is 35.5 Å². The Balaban J connectivity index is 2.64. The molecule has 1 aromatic carbocycles. The van der Waals surface area contributed by atoms with Crippen LogP contribution in [0.15, 0.2) is 46.8 Å². The number of methoxy groups -OCH3 is 1. The van der Waals surface area contributed by atoms with Crippen LogP contribution in [0.3, 0.4) is 0 Å². The summed E-state index contributed by atoms with van der Waals surface area (Å²) in [6, 6.07) is 7.29. The highest BCUT2D eigenvalue weighted by molar-refractivity contribution is 6.31. The molecule has 3 atom stereocenters. The van der Waals surface area contributed by atoms with Crippen LogP contribution in [-0.2, 0) is 14.2 Å². The zero-order chi connectivity index (χ0) is 20.7. The Bertz CT molecular complexity index is 722. The Morgan fingerprint density at radius 3 is 2.54 bits per heavy atom. The fourth-order valence-electron chi connectivity index (χ4n) is 3.34. The molecule has 5 N–H and O–H groups in total. The summed E-state index contributed by atoms with van der Waals surface area (Å²) >= 11 is 6.48. The van der Waals surface area contributed by atoms with Crippen molar-refractivity contribution in [2.75, 3.05) is 33.5 Å². The molecule has 1 aliphatic rings. The van der Waals surface area contributed by atoms with E-state index in [4.69, 9.17) is 31.5 Å². The predicted octanol–water partition coefficient (Wildman–Crippen LogP) is 1.85. The first-order chi connectivity index (χ1) is 13.5. The molecule has 0 aliphatic carbocycles. The molecule has 8 heteroatoms. The lowest BCUT2D eigenvalue weighted by atomic mass is 9.79. The second-order valence-corrected chi connectivity index (χ2v) is 6.74. The van der Waals surface area contributed by atoms with Crippen molar-refractivity contribution in [1.29, 1.82) is 0 Å². The Morgan fingerprint density at radius 1 is 1.21 bits per heavy atom. The number of benzene rings is 1. The molecule has 0 radical (unpaired) electrons. The molecule has 2 rings (SSSR count). The van der Waals surface area contributed by atoms with E-state index < -0.39 is 18.5 Å². The van der Waals surface area contributed by atoms with E-state index in [2.05, 4.69) is 5.32 Å². The summed E-state index contributed by atoms with van der Waals surface area (Å²) in [5.41, 5.74) is 8.64. The number of ether oxygens (including phenoxy) is 3. The minimum Gasteiger partial charge on any atom is -0.374 e. The Hall–Kier alpha value is -1.45. The van der Waals surface area contributed by atoms with Gasteiger partial charge in [0.2, 0.25) is 0 Å². The van der Waals surface area contributed by atoms with Crippen molar-refractivity contribution in [3.05, 3.63) is 57.4 Å². The fraction of sp³-hybridized carbons (Fsp3) is 0.500. The third-order valence-electron chi connectivity index (χ3n) is 4.55. The topological polar surface area (TPSA) is 106 Å². The van der Waals surface area contributed by atoms with E-state index >= 15 is 0 Å². The molecule has 156 valence electrons. The molecule has 1 heterocycles. The van der Waals surface area contributed by atoms with Gasteiger partial charge in [0.1, 0.15) is 0 Å². The number of nitrogens with one attached hydrogen (secondary N) is 1. The summed E-state index contributed by atoms with van der Waals surface area (Å²) < 4.78 is 16.3. The number of aliphatic hydroxyl groups is 2. The maximum absolute atomic E-state index is 10.8. The van der Waals surface area contributed by atoms with Crippen LogP contribution < -0.4 is 11.1 Å². The lowest BCUT2D eigenvalue weighted by molar-refractivity contribution is -0.0761. The van der Waals surface area contributed by atoms with Crippen LogP contribution in [0, 0.1) is 0 Å². The molecule has 0 bridgehead atoms. The summed E-state index contributed by atoms with van der Waals surface area (Å²) in [5.74, 6) is -0.553. The van der Waals surface area contributed by atoms with Gasteiger partial charge in [-0.1, -0.05) is 29.8 Å². The van der Waals surface area contributed by atoms with Gasteiger partial charge in [-0.05, 0) is 25.5 Å². The van der Waals surface area contributed by atoms with Crippen molar-refractivity contribution < 1.29 is 24.4 Å². The van der Waals surface area contributed by atoms with Crippen molar-refractivity contribution in [2.24, 2.45) is 5.73 Å². The van der Waals surface area contributed by atoms with Crippen molar-refractivity contribution in [3.8, 4) is 0 Å². The molecule has 0 saturated heterocycles. The van der Waals surface area contributed by atoms with Gasteiger partial charge in [-0.25, -0.2) is 0 Å². The first-order valence-corrected chi connectivity index (χ1v) is 9.57. The lowest BCUT2D eigenvalue weighted by Gasteiger charge is -2.37. The normalized spacial score (nSPS) is 19.6. The van der Waals surface area contributed by atoms with E-state index in [0.29, 0.717) is 47.3 Å². The van der Waals surface area contributed by atoms with Crippen molar-refractivity contribution in [1.82, 2.24) is 5.32 Å². The predicted molar refractivity (Wildman–Crippen MR) is 108 cm³/mol. The van der Waals surface area contributed by atoms with Crippen molar-refractivity contribution in [2.45, 2.75) is 32.3 Å². The highest BCUT2D eigenvalue weighted by Gasteiger charge is 2.38. The number of aliphatic hydroxyl groups excluding tert-OH is 2. The van der Waals surface area contributed by atoms with Gasteiger partial charge in [0.05, 0.1) is 13.2 Å². The zero-order valence-corrected chi connectivity index (χ0v) is 17.2. The molecular weight excluding hydrogens is 384 g/mol. The Kier molecular flexibility index (Phi) is 8.91. The molecule has 0 spiro atoms. The summed E-state index contributed by atoms with van der Waals surface area (Å²) in [7, 11) is 1.41. The van der Waals surface area contributed by atoms with E-state index in [1.165, 1.54) is 7.11 Å². The summed E-state index contributed by atoms with van der Waals surface area (Å²) in [4.78, 5) is 0. The summed E-state index contributed by atoms with van der Waals surface area (Å²) in [6.07, 6.45) is -2.41. The van der Waals surface area contributed by atoms with Gasteiger partial charge in [-0.3, -0.25) is 0 Å². The van der Waals surface area contributed by atoms with E-state index in [9.17, 15) is 10.2 Å². The first-order valence-electron chi connectivity index (χ1n) is 9.19. The van der Waals surface area contributed by atoms with E-state index in [0.717, 1.165) is 5.56 Å². The van der Waals surface area contributed by atoms with Gasteiger partial charge in [-0.15, -0.1) is 0 Å². The second kappa shape index (κ2) is 10.9. The molecule has 1 aliphatic heterocycles. The second-order valence-electron chi connectivity index (χ2n) is 6.33. The maximum atomic E-state index is 10.8. The highest BCUT2D eigenvalue weighted by atomic mass is 35.5. The zero-order valence-electron chi connectivity index (χ0n) is 16.4. The van der Waals surface area contributed by atoms with Crippen LogP contribution in [0.1, 0.15) is 25.3 Å². The van der Waals surface area contributed by atoms with E-state index in [1.54, 1.807) is 13.0 Å². The number of allylic oxidation sites excluding steroid dienone is 1. The molecule has 1 aromatic rings. The molecule has 0 amide bonds. The van der Waals surface area contributed by atoms with Gasteiger partial charge in [-0.2, -0.15) is 0 Å². The monoisotopic (exact) mass is 412 g/mol. The number of nitrogens with two attached hydrogens (primary N) is 1. The molecule has 3 unspecified atom stereocenters. The van der Waals surface area contributed by atoms with Gasteiger partial charge in [0.25, 0.3) is 0 Å². The van der Waals surface area contributed by atoms with Crippen LogP contribution in [0.5, 0.6) is 0 Å². The summed E-state index contributed by atoms with van der Waals surface area (Å²) in [5, 5.41) is 25.1. The van der Waals surface area contributed by atoms with E-state index in [-0.39, 0.29) is 6.61 Å². The molecule has 0 aromatic heterocycles. The number of rotatable bonds is 10. The van der Waals surface area contributed by atoms with Crippen molar-refractivity contribution >= 4 is 11.6 Å². The third kappa shape index (κ3) is 5.12. The number of hydrogen-bond acceptors (Lipinski definition) is 7. The number of halogens is 1. The first kappa shape index (κ1) is 22.8. The molecule has 0 saturated carbocycles. The Labute approximate surface area is 170 Å². The SMILES string of the molecule is CCOC(O)C1=C(COCCN)NC(C)=C(C(O)OC)C1c1ccccc1Cl. The van der Waals surface area contributed by atoms with Gasteiger partial charge in [0.15, 0.2) is 12.6 Å². The summed E-state index contributed by atoms with van der Waals surface area (Å²) in [6.45, 7) is 4.88. The minimum atomic E-state index is -1.22. The standard InChI is InChI=1S/C20H29ClN2O5/c1-4-28-20(25)18-15(11-27-10-9-22)23-12(2)16(19(24)26-3)17(18)13-7-5-6-8-14(13)21/h5-8,17,19-20,23-25H,4,9-11,22H2,1-3H3. The number of hydrogen-bond donors (Lipinski definition) is 4. The maximum Gasteiger partial charge on any atom is 0.180 e. The average molecular weight is 413 g/mol. The molecule has 0 fully saturated rings. The average Bonchev–Trinajstić information content (AvgIpc) is 2.67. The Morgan fingerprint density at radius 2 is 1.93 bits per heavy atom. The highest BCUT2D eigenvalue weighted by Crippen LogP contribution is 2.43. The molecule has 7 nitrogen and oxygen atoms in total.